The van der Waals surface area contributed by atoms with Gasteiger partial charge in [0.1, 0.15) is 21.9 Å². The Balaban J connectivity index is 0.0000137. The Bertz CT molecular complexity index is 941. The quantitative estimate of drug-likeness (QED) is 0.0808. The predicted molar refractivity (Wildman–Crippen MR) is 141 cm³/mol. The van der Waals surface area contributed by atoms with Gasteiger partial charge in [-0.25, -0.2) is 8.42 Å². The monoisotopic (exact) mass is 562 g/mol. The molecular weight excluding hydrogens is 519 g/mol. The number of carbonyl (C=O) groups excluding carboxylic acids is 3. The molecule has 38 heavy (non-hydrogen) atoms. The molecule has 1 atom stereocenters. The molecule has 0 fully saturated rings. The molecule has 9 nitrogen and oxygen atoms in total. The summed E-state index contributed by atoms with van der Waals surface area (Å²) in [6.45, 7) is 4.62. The number of hydrogen-bond acceptors (Lipinski definition) is 7. The average Bonchev–Trinajstić information content (AvgIpc) is 2.85. The standard InChI is InChI=1S/C27H44N2O7S.Na/c1-3-5-7-8-9-11-19-25(30)29-22(16-6-4-2)27(32)28-21-15-10-12-20-26(31)36-23-17-13-14-18-24(23)37(33,34)35;/h13-14,17-18,22H,3-12,15-16,19-21H2,1-2H3,(H,28,32)(H,29,30)(H,33,34,35);/q;+1/p-1. The Labute approximate surface area is 250 Å². The number of unbranched alkanes of at least 4 members (excludes halogenated alkanes) is 8. The fourth-order valence-electron chi connectivity index (χ4n) is 3.83. The van der Waals surface area contributed by atoms with Crippen LogP contribution in [0.25, 0.3) is 0 Å². The minimum Gasteiger partial charge on any atom is -0.744 e. The van der Waals surface area contributed by atoms with E-state index in [0.29, 0.717) is 38.6 Å². The van der Waals surface area contributed by atoms with Gasteiger partial charge in [-0.3, -0.25) is 14.4 Å². The molecule has 0 aliphatic heterocycles. The first-order valence-electron chi connectivity index (χ1n) is 13.5. The molecule has 0 radical (unpaired) electrons. The SMILES string of the molecule is CCCCCCCCC(=O)NC(CCCC)C(=O)NCCCCCC(=O)Oc1ccccc1S(=O)(=O)[O-].[Na+]. The Morgan fingerprint density at radius 2 is 1.47 bits per heavy atom. The van der Waals surface area contributed by atoms with Gasteiger partial charge in [-0.2, -0.15) is 0 Å². The molecule has 2 N–H and O–H groups in total. The number of amides is 2. The summed E-state index contributed by atoms with van der Waals surface area (Å²) in [4.78, 5) is 36.4. The second-order valence-corrected chi connectivity index (χ2v) is 10.6. The fourth-order valence-corrected chi connectivity index (χ4v) is 4.43. The Morgan fingerprint density at radius 1 is 0.868 bits per heavy atom. The van der Waals surface area contributed by atoms with Crippen LogP contribution in [-0.2, 0) is 24.5 Å². The summed E-state index contributed by atoms with van der Waals surface area (Å²) in [5.74, 6) is -1.18. The van der Waals surface area contributed by atoms with Gasteiger partial charge < -0.3 is 19.9 Å². The zero-order valence-corrected chi connectivity index (χ0v) is 26.1. The summed E-state index contributed by atoms with van der Waals surface area (Å²) in [7, 11) is -4.74. The van der Waals surface area contributed by atoms with Crippen LogP contribution in [0.15, 0.2) is 29.2 Å². The van der Waals surface area contributed by atoms with Gasteiger partial charge in [0.15, 0.2) is 0 Å². The van der Waals surface area contributed by atoms with Crippen molar-refractivity contribution in [3.05, 3.63) is 24.3 Å². The molecule has 1 aromatic carbocycles. The van der Waals surface area contributed by atoms with Crippen LogP contribution in [0.4, 0.5) is 0 Å². The second kappa shape index (κ2) is 21.4. The van der Waals surface area contributed by atoms with Crippen molar-refractivity contribution >= 4 is 27.9 Å². The van der Waals surface area contributed by atoms with E-state index in [1.807, 2.05) is 6.92 Å². The number of rotatable bonds is 20. The van der Waals surface area contributed by atoms with Crippen molar-refractivity contribution in [3.63, 3.8) is 0 Å². The van der Waals surface area contributed by atoms with Gasteiger partial charge in [-0.15, -0.1) is 0 Å². The van der Waals surface area contributed by atoms with Crippen LogP contribution in [0.3, 0.4) is 0 Å². The van der Waals surface area contributed by atoms with Crippen molar-refractivity contribution in [2.75, 3.05) is 6.54 Å². The second-order valence-electron chi connectivity index (χ2n) is 9.26. The minimum atomic E-state index is -4.74. The summed E-state index contributed by atoms with van der Waals surface area (Å²) in [5.41, 5.74) is 0. The normalized spacial score (nSPS) is 11.8. The first kappa shape index (κ1) is 36.5. The van der Waals surface area contributed by atoms with Gasteiger partial charge in [0, 0.05) is 19.4 Å². The third-order valence-electron chi connectivity index (χ3n) is 5.95. The maximum atomic E-state index is 12.6. The molecule has 210 valence electrons. The van der Waals surface area contributed by atoms with Crippen LogP contribution in [0.1, 0.15) is 104 Å². The van der Waals surface area contributed by atoms with Crippen molar-refractivity contribution in [3.8, 4) is 5.75 Å². The van der Waals surface area contributed by atoms with Crippen LogP contribution < -0.4 is 44.9 Å². The first-order chi connectivity index (χ1) is 17.7. The maximum absolute atomic E-state index is 12.6. The van der Waals surface area contributed by atoms with E-state index in [4.69, 9.17) is 4.74 Å². The summed E-state index contributed by atoms with van der Waals surface area (Å²) >= 11 is 0. The van der Waals surface area contributed by atoms with E-state index in [2.05, 4.69) is 17.6 Å². The number of para-hydroxylation sites is 1. The number of nitrogens with one attached hydrogen (secondary N) is 2. The molecule has 0 saturated carbocycles. The molecule has 0 heterocycles. The molecule has 1 aromatic rings. The van der Waals surface area contributed by atoms with Crippen molar-refractivity contribution < 1.29 is 61.6 Å². The van der Waals surface area contributed by atoms with E-state index in [9.17, 15) is 27.4 Å². The average molecular weight is 563 g/mol. The summed E-state index contributed by atoms with van der Waals surface area (Å²) in [6.07, 6.45) is 11.2. The van der Waals surface area contributed by atoms with Gasteiger partial charge in [0.05, 0.1) is 4.90 Å². The largest absolute Gasteiger partial charge is 1.00 e. The third kappa shape index (κ3) is 16.5. The van der Waals surface area contributed by atoms with Crippen LogP contribution in [0, 0.1) is 0 Å². The van der Waals surface area contributed by atoms with E-state index in [1.165, 1.54) is 37.5 Å². The Morgan fingerprint density at radius 3 is 2.16 bits per heavy atom. The summed E-state index contributed by atoms with van der Waals surface area (Å²) < 4.78 is 38.9. The molecule has 11 heteroatoms. The van der Waals surface area contributed by atoms with Crippen LogP contribution in [0.5, 0.6) is 5.75 Å². The van der Waals surface area contributed by atoms with Gasteiger partial charge in [-0.1, -0.05) is 77.3 Å². The van der Waals surface area contributed by atoms with E-state index in [0.717, 1.165) is 38.2 Å². The summed E-state index contributed by atoms with van der Waals surface area (Å²) in [6, 6.07) is 4.67. The number of esters is 1. The predicted octanol–water partition coefficient (Wildman–Crippen LogP) is 1.60. The molecule has 1 rings (SSSR count). The number of ether oxygens (including phenoxy) is 1. The molecule has 1 unspecified atom stereocenters. The van der Waals surface area contributed by atoms with E-state index in [1.54, 1.807) is 0 Å². The molecule has 0 aromatic heterocycles. The molecule has 0 aliphatic rings. The van der Waals surface area contributed by atoms with Crippen molar-refractivity contribution in [1.29, 1.82) is 0 Å². The Hall–Kier alpha value is -1.46. The zero-order chi connectivity index (χ0) is 27.5. The number of carbonyl (C=O) groups is 3. The number of benzene rings is 1. The van der Waals surface area contributed by atoms with Crippen LogP contribution in [-0.4, -0.2) is 43.3 Å². The van der Waals surface area contributed by atoms with Crippen molar-refractivity contribution in [2.24, 2.45) is 0 Å². The van der Waals surface area contributed by atoms with E-state index in [-0.39, 0.29) is 53.5 Å². The van der Waals surface area contributed by atoms with Crippen molar-refractivity contribution in [1.82, 2.24) is 10.6 Å². The van der Waals surface area contributed by atoms with Gasteiger partial charge in [-0.05, 0) is 37.8 Å². The smallest absolute Gasteiger partial charge is 0.744 e. The van der Waals surface area contributed by atoms with Gasteiger partial charge in [0.25, 0.3) is 0 Å². The third-order valence-corrected chi connectivity index (χ3v) is 6.83. The maximum Gasteiger partial charge on any atom is 1.00 e. The van der Waals surface area contributed by atoms with Crippen molar-refractivity contribution in [2.45, 2.75) is 115 Å². The van der Waals surface area contributed by atoms with Gasteiger partial charge >= 0.3 is 35.5 Å². The molecule has 0 aliphatic carbocycles. The fraction of sp³-hybridized carbons (Fsp3) is 0.667. The van der Waals surface area contributed by atoms with Crippen LogP contribution in [0.2, 0.25) is 0 Å². The topological polar surface area (TPSA) is 142 Å². The van der Waals surface area contributed by atoms with Gasteiger partial charge in [0.2, 0.25) is 11.8 Å². The molecule has 0 bridgehead atoms. The summed E-state index contributed by atoms with van der Waals surface area (Å²) in [5, 5.41) is 5.75. The van der Waals surface area contributed by atoms with E-state index < -0.39 is 27.0 Å². The molecule has 0 saturated heterocycles. The van der Waals surface area contributed by atoms with Crippen LogP contribution >= 0.6 is 0 Å². The Kier molecular flexibility index (Phi) is 20.6. The molecule has 0 spiro atoms. The number of hydrogen-bond donors (Lipinski definition) is 2. The first-order valence-corrected chi connectivity index (χ1v) is 14.9. The minimum absolute atomic E-state index is 0. The van der Waals surface area contributed by atoms with E-state index >= 15 is 0 Å². The zero-order valence-electron chi connectivity index (χ0n) is 23.3. The molecular formula is C27H43N2NaO7S. The molecule has 2 amide bonds.